The lowest BCUT2D eigenvalue weighted by Gasteiger charge is -2.01. The van der Waals surface area contributed by atoms with E-state index in [4.69, 9.17) is 10.6 Å². The van der Waals surface area contributed by atoms with E-state index in [1.54, 1.807) is 6.07 Å². The molecule has 3 nitrogen and oxygen atoms in total. The monoisotopic (exact) mass is 168 g/mol. The van der Waals surface area contributed by atoms with Crippen molar-refractivity contribution in [2.75, 3.05) is 7.11 Å². The molecule has 1 rings (SSSR count). The third kappa shape index (κ3) is 1.72. The van der Waals surface area contributed by atoms with Crippen LogP contribution in [0.25, 0.3) is 0 Å². The van der Waals surface area contributed by atoms with Gasteiger partial charge in [0.05, 0.1) is 13.3 Å². The molecular weight excluding hydrogens is 159 g/mol. The van der Waals surface area contributed by atoms with Gasteiger partial charge in [0.1, 0.15) is 0 Å². The maximum atomic E-state index is 12.8. The first-order chi connectivity index (χ1) is 5.77. The van der Waals surface area contributed by atoms with Gasteiger partial charge in [0.15, 0.2) is 11.6 Å². The van der Waals surface area contributed by atoms with Gasteiger partial charge in [-0.2, -0.15) is 5.10 Å². The second-order valence-electron chi connectivity index (χ2n) is 2.17. The fourth-order valence-electron chi connectivity index (χ4n) is 0.843. The SMILES string of the molecule is COc1cc(/C=N/N)ccc1F. The molecule has 2 N–H and O–H groups in total. The molecule has 0 radical (unpaired) electrons. The highest BCUT2D eigenvalue weighted by Crippen LogP contribution is 2.16. The molecule has 0 aliphatic carbocycles. The highest BCUT2D eigenvalue weighted by atomic mass is 19.1. The van der Waals surface area contributed by atoms with Gasteiger partial charge in [-0.05, 0) is 17.7 Å². The number of nitrogens with zero attached hydrogens (tertiary/aromatic N) is 1. The van der Waals surface area contributed by atoms with E-state index in [9.17, 15) is 4.39 Å². The molecule has 0 aromatic heterocycles. The molecule has 0 aliphatic heterocycles. The van der Waals surface area contributed by atoms with Crippen LogP contribution in [0.3, 0.4) is 0 Å². The van der Waals surface area contributed by atoms with Gasteiger partial charge in [0.2, 0.25) is 0 Å². The number of methoxy groups -OCH3 is 1. The quantitative estimate of drug-likeness (QED) is 0.408. The van der Waals surface area contributed by atoms with E-state index in [2.05, 4.69) is 5.10 Å². The number of halogens is 1. The van der Waals surface area contributed by atoms with Crippen LogP contribution in [0.1, 0.15) is 5.56 Å². The lowest BCUT2D eigenvalue weighted by molar-refractivity contribution is 0.386. The van der Waals surface area contributed by atoms with Crippen molar-refractivity contribution in [3.63, 3.8) is 0 Å². The Morgan fingerprint density at radius 2 is 2.33 bits per heavy atom. The number of ether oxygens (including phenoxy) is 1. The fraction of sp³-hybridized carbons (Fsp3) is 0.125. The summed E-state index contributed by atoms with van der Waals surface area (Å²) < 4.78 is 17.6. The van der Waals surface area contributed by atoms with Crippen LogP contribution in [0.2, 0.25) is 0 Å². The fourth-order valence-corrected chi connectivity index (χ4v) is 0.843. The van der Waals surface area contributed by atoms with E-state index in [0.717, 1.165) is 0 Å². The zero-order valence-electron chi connectivity index (χ0n) is 6.62. The van der Waals surface area contributed by atoms with Crippen LogP contribution >= 0.6 is 0 Å². The third-order valence-electron chi connectivity index (χ3n) is 1.40. The summed E-state index contributed by atoms with van der Waals surface area (Å²) in [6.45, 7) is 0. The molecule has 0 saturated heterocycles. The number of hydrazone groups is 1. The van der Waals surface area contributed by atoms with Crippen molar-refractivity contribution >= 4 is 6.21 Å². The van der Waals surface area contributed by atoms with Crippen molar-refractivity contribution in [2.45, 2.75) is 0 Å². The summed E-state index contributed by atoms with van der Waals surface area (Å²) in [7, 11) is 1.40. The molecule has 0 bridgehead atoms. The van der Waals surface area contributed by atoms with Gasteiger partial charge in [-0.15, -0.1) is 0 Å². The highest BCUT2D eigenvalue weighted by Gasteiger charge is 2.00. The topological polar surface area (TPSA) is 47.6 Å². The minimum absolute atomic E-state index is 0.187. The van der Waals surface area contributed by atoms with E-state index >= 15 is 0 Å². The lowest BCUT2D eigenvalue weighted by Crippen LogP contribution is -1.91. The summed E-state index contributed by atoms with van der Waals surface area (Å²) in [5.41, 5.74) is 0.704. The van der Waals surface area contributed by atoms with Crippen molar-refractivity contribution in [1.29, 1.82) is 0 Å². The molecule has 0 saturated carbocycles. The maximum Gasteiger partial charge on any atom is 0.165 e. The summed E-state index contributed by atoms with van der Waals surface area (Å²) >= 11 is 0. The molecule has 12 heavy (non-hydrogen) atoms. The maximum absolute atomic E-state index is 12.8. The molecule has 1 aromatic carbocycles. The largest absolute Gasteiger partial charge is 0.494 e. The number of hydrogen-bond acceptors (Lipinski definition) is 3. The molecule has 0 aliphatic rings. The van der Waals surface area contributed by atoms with Crippen molar-refractivity contribution in [2.24, 2.45) is 10.9 Å². The van der Waals surface area contributed by atoms with E-state index in [1.165, 1.54) is 25.5 Å². The lowest BCUT2D eigenvalue weighted by atomic mass is 10.2. The molecule has 4 heteroatoms. The normalized spacial score (nSPS) is 10.5. The Morgan fingerprint density at radius 3 is 2.92 bits per heavy atom. The van der Waals surface area contributed by atoms with Crippen LogP contribution in [-0.2, 0) is 0 Å². The zero-order chi connectivity index (χ0) is 8.97. The molecule has 0 unspecified atom stereocenters. The number of benzene rings is 1. The van der Waals surface area contributed by atoms with Crippen LogP contribution in [0.4, 0.5) is 4.39 Å². The van der Waals surface area contributed by atoms with Crippen molar-refractivity contribution < 1.29 is 9.13 Å². The predicted octanol–water partition coefficient (Wildman–Crippen LogP) is 1.13. The second kappa shape index (κ2) is 3.71. The van der Waals surface area contributed by atoms with E-state index in [0.29, 0.717) is 5.56 Å². The molecule has 0 spiro atoms. The van der Waals surface area contributed by atoms with Crippen LogP contribution < -0.4 is 10.6 Å². The van der Waals surface area contributed by atoms with Crippen molar-refractivity contribution in [1.82, 2.24) is 0 Å². The zero-order valence-corrected chi connectivity index (χ0v) is 6.62. The Labute approximate surface area is 69.6 Å². The summed E-state index contributed by atoms with van der Waals surface area (Å²) in [6, 6.07) is 4.38. The Hall–Kier alpha value is -1.58. The van der Waals surface area contributed by atoms with Gasteiger partial charge in [-0.3, -0.25) is 0 Å². The van der Waals surface area contributed by atoms with Gasteiger partial charge >= 0.3 is 0 Å². The van der Waals surface area contributed by atoms with Gasteiger partial charge < -0.3 is 10.6 Å². The van der Waals surface area contributed by atoms with Crippen LogP contribution in [-0.4, -0.2) is 13.3 Å². The molecule has 64 valence electrons. The molecular formula is C8H9FN2O. The van der Waals surface area contributed by atoms with E-state index in [1.807, 2.05) is 0 Å². The van der Waals surface area contributed by atoms with Crippen LogP contribution in [0.5, 0.6) is 5.75 Å². The minimum Gasteiger partial charge on any atom is -0.494 e. The Kier molecular flexibility index (Phi) is 2.63. The van der Waals surface area contributed by atoms with E-state index in [-0.39, 0.29) is 5.75 Å². The molecule has 0 atom stereocenters. The van der Waals surface area contributed by atoms with Gasteiger partial charge in [-0.1, -0.05) is 6.07 Å². The van der Waals surface area contributed by atoms with Crippen molar-refractivity contribution in [3.05, 3.63) is 29.6 Å². The second-order valence-corrected chi connectivity index (χ2v) is 2.17. The minimum atomic E-state index is -0.397. The summed E-state index contributed by atoms with van der Waals surface area (Å²) in [5, 5.41) is 3.31. The molecule has 0 amide bonds. The van der Waals surface area contributed by atoms with Gasteiger partial charge in [0, 0.05) is 0 Å². The van der Waals surface area contributed by atoms with Crippen molar-refractivity contribution in [3.8, 4) is 5.75 Å². The molecule has 0 heterocycles. The average molecular weight is 168 g/mol. The Morgan fingerprint density at radius 1 is 1.58 bits per heavy atom. The summed E-state index contributed by atoms with van der Waals surface area (Å²) in [6.07, 6.45) is 1.42. The van der Waals surface area contributed by atoms with Crippen LogP contribution in [0.15, 0.2) is 23.3 Å². The number of rotatable bonds is 2. The van der Waals surface area contributed by atoms with E-state index < -0.39 is 5.82 Å². The van der Waals surface area contributed by atoms with Gasteiger partial charge in [0.25, 0.3) is 0 Å². The van der Waals surface area contributed by atoms with Crippen LogP contribution in [0, 0.1) is 5.82 Å². The Balaban J connectivity index is 3.05. The summed E-state index contributed by atoms with van der Waals surface area (Å²) in [5.74, 6) is 4.72. The number of nitrogens with two attached hydrogens (primary N) is 1. The smallest absolute Gasteiger partial charge is 0.165 e. The molecule has 0 fully saturated rings. The standard InChI is InChI=1S/C8H9FN2O/c1-12-8-4-6(5-11-10)2-3-7(8)9/h2-5H,10H2,1H3/b11-5+. The predicted molar refractivity (Wildman–Crippen MR) is 44.7 cm³/mol. The first-order valence-electron chi connectivity index (χ1n) is 3.34. The number of hydrogen-bond donors (Lipinski definition) is 1. The third-order valence-corrected chi connectivity index (χ3v) is 1.40. The highest BCUT2D eigenvalue weighted by molar-refractivity contribution is 5.79. The average Bonchev–Trinajstić information content (AvgIpc) is 2.09. The van der Waals surface area contributed by atoms with Gasteiger partial charge in [-0.25, -0.2) is 4.39 Å². The summed E-state index contributed by atoms with van der Waals surface area (Å²) in [4.78, 5) is 0. The first kappa shape index (κ1) is 8.52. The Bertz CT molecular complexity index is 299. The first-order valence-corrected chi connectivity index (χ1v) is 3.34. The molecule has 1 aromatic rings.